The number of hydrogen-bond donors (Lipinski definition) is 1. The minimum Gasteiger partial charge on any atom is -0.376 e. The van der Waals surface area contributed by atoms with Gasteiger partial charge in [-0.25, -0.2) is 0 Å². The first-order valence-electron chi connectivity index (χ1n) is 2.26. The molecule has 0 aliphatic heterocycles. The molecule has 0 amide bonds. The molecule has 0 saturated carbocycles. The molecular weight excluding hydrogens is 90.1 g/mol. The van der Waals surface area contributed by atoms with Crippen molar-refractivity contribution in [3.8, 4) is 0 Å². The second kappa shape index (κ2) is 2.75. The second-order valence-electron chi connectivity index (χ2n) is 1.56. The minimum atomic E-state index is -0.0139. The highest BCUT2D eigenvalue weighted by Crippen LogP contribution is 1.86. The maximum absolute atomic E-state index is 6.98. The quantitative estimate of drug-likeness (QED) is 0.518. The van der Waals surface area contributed by atoms with Gasteiger partial charge in [-0.1, -0.05) is 0 Å². The Labute approximate surface area is 44.0 Å². The molecule has 0 saturated heterocycles. The van der Waals surface area contributed by atoms with Crippen LogP contribution in [0.1, 0.15) is 13.8 Å². The van der Waals surface area contributed by atoms with Crippen LogP contribution in [-0.4, -0.2) is 18.9 Å². The minimum absolute atomic E-state index is 0.0139. The summed E-state index contributed by atoms with van der Waals surface area (Å²) in [5.74, 6) is 0. The normalized spacial score (nSPS) is 13.6. The van der Waals surface area contributed by atoms with Crippen molar-refractivity contribution < 1.29 is 4.74 Å². The van der Waals surface area contributed by atoms with Gasteiger partial charge in [0.2, 0.25) is 0 Å². The first kappa shape index (κ1) is 6.63. The average Bonchev–Trinajstić information content (AvgIpc) is 1.65. The Morgan fingerprint density at radius 3 is 2.14 bits per heavy atom. The highest BCUT2D eigenvalue weighted by atomic mass is 16.5. The first-order chi connectivity index (χ1) is 3.18. The summed E-state index contributed by atoms with van der Waals surface area (Å²) in [5, 5.41) is 6.98. The molecule has 0 aliphatic carbocycles. The number of nitrogens with one attached hydrogen (secondary N) is 1. The van der Waals surface area contributed by atoms with Crippen molar-refractivity contribution in [1.82, 2.24) is 0 Å². The average molecular weight is 101 g/mol. The summed E-state index contributed by atoms with van der Waals surface area (Å²) in [7, 11) is 1.60. The van der Waals surface area contributed by atoms with Crippen LogP contribution in [0.4, 0.5) is 0 Å². The van der Waals surface area contributed by atoms with Crippen molar-refractivity contribution >= 4 is 5.71 Å². The molecule has 0 heterocycles. The third-order valence-electron chi connectivity index (χ3n) is 0.963. The van der Waals surface area contributed by atoms with Gasteiger partial charge >= 0.3 is 0 Å². The van der Waals surface area contributed by atoms with Gasteiger partial charge in [0.15, 0.2) is 0 Å². The third kappa shape index (κ3) is 2.34. The zero-order valence-corrected chi connectivity index (χ0v) is 4.99. The maximum Gasteiger partial charge on any atom is 0.0914 e. The summed E-state index contributed by atoms with van der Waals surface area (Å²) in [6, 6.07) is 0. The van der Waals surface area contributed by atoms with Crippen LogP contribution < -0.4 is 0 Å². The molecule has 0 aliphatic rings. The van der Waals surface area contributed by atoms with E-state index in [1.54, 1.807) is 14.0 Å². The lowest BCUT2D eigenvalue weighted by atomic mass is 10.3. The van der Waals surface area contributed by atoms with E-state index in [1.165, 1.54) is 0 Å². The van der Waals surface area contributed by atoms with Gasteiger partial charge in [-0.05, 0) is 13.8 Å². The lowest BCUT2D eigenvalue weighted by Crippen LogP contribution is -2.13. The topological polar surface area (TPSA) is 33.1 Å². The van der Waals surface area contributed by atoms with Gasteiger partial charge in [-0.2, -0.15) is 0 Å². The van der Waals surface area contributed by atoms with E-state index < -0.39 is 0 Å². The zero-order valence-electron chi connectivity index (χ0n) is 4.99. The summed E-state index contributed by atoms with van der Waals surface area (Å²) in [6.45, 7) is 3.58. The Morgan fingerprint density at radius 2 is 2.14 bits per heavy atom. The Morgan fingerprint density at radius 1 is 1.71 bits per heavy atom. The first-order valence-corrected chi connectivity index (χ1v) is 2.26. The molecule has 0 aromatic rings. The van der Waals surface area contributed by atoms with Crippen molar-refractivity contribution in [2.75, 3.05) is 7.11 Å². The molecular formula is C5H11NO. The van der Waals surface area contributed by atoms with Gasteiger partial charge < -0.3 is 10.1 Å². The summed E-state index contributed by atoms with van der Waals surface area (Å²) >= 11 is 0. The summed E-state index contributed by atoms with van der Waals surface area (Å²) in [6.07, 6.45) is -0.0139. The molecule has 42 valence electrons. The number of methoxy groups -OCH3 is 1. The largest absolute Gasteiger partial charge is 0.376 e. The van der Waals surface area contributed by atoms with Crippen LogP contribution >= 0.6 is 0 Å². The zero-order chi connectivity index (χ0) is 5.86. The third-order valence-corrected chi connectivity index (χ3v) is 0.963. The van der Waals surface area contributed by atoms with Gasteiger partial charge in [0.25, 0.3) is 0 Å². The molecule has 2 heteroatoms. The molecule has 0 aromatic carbocycles. The van der Waals surface area contributed by atoms with Crippen LogP contribution in [0.15, 0.2) is 0 Å². The van der Waals surface area contributed by atoms with E-state index in [1.807, 2.05) is 6.92 Å². The lowest BCUT2D eigenvalue weighted by molar-refractivity contribution is 0.169. The fourth-order valence-corrected chi connectivity index (χ4v) is 0.177. The molecule has 0 spiro atoms. The highest BCUT2D eigenvalue weighted by Gasteiger charge is 1.97. The van der Waals surface area contributed by atoms with E-state index in [0.29, 0.717) is 5.71 Å². The lowest BCUT2D eigenvalue weighted by Gasteiger charge is -2.03. The van der Waals surface area contributed by atoms with E-state index in [4.69, 9.17) is 10.1 Å². The second-order valence-corrected chi connectivity index (χ2v) is 1.56. The van der Waals surface area contributed by atoms with Gasteiger partial charge in [0.05, 0.1) is 6.10 Å². The summed E-state index contributed by atoms with van der Waals surface area (Å²) in [5.41, 5.74) is 0.572. The van der Waals surface area contributed by atoms with Crippen LogP contribution in [0.2, 0.25) is 0 Å². The van der Waals surface area contributed by atoms with Crippen LogP contribution in [0.3, 0.4) is 0 Å². The monoisotopic (exact) mass is 101 g/mol. The summed E-state index contributed by atoms with van der Waals surface area (Å²) < 4.78 is 4.79. The standard InChI is InChI=1S/C5H11NO/c1-4(6)5(2)7-3/h5-6H,1-3H3/t5-/m1/s1. The Hall–Kier alpha value is -0.370. The smallest absolute Gasteiger partial charge is 0.0914 e. The summed E-state index contributed by atoms with van der Waals surface area (Å²) in [4.78, 5) is 0. The maximum atomic E-state index is 6.98. The molecule has 1 N–H and O–H groups in total. The predicted molar refractivity (Wildman–Crippen MR) is 29.9 cm³/mol. The van der Waals surface area contributed by atoms with E-state index >= 15 is 0 Å². The van der Waals surface area contributed by atoms with Gasteiger partial charge in [-0.3, -0.25) is 0 Å². The Balaban J connectivity index is 3.34. The highest BCUT2D eigenvalue weighted by molar-refractivity contribution is 5.82. The molecule has 0 bridgehead atoms. The van der Waals surface area contributed by atoms with Gasteiger partial charge in [0.1, 0.15) is 0 Å². The Bertz CT molecular complexity index is 70.5. The number of rotatable bonds is 2. The van der Waals surface area contributed by atoms with Crippen molar-refractivity contribution in [3.63, 3.8) is 0 Å². The van der Waals surface area contributed by atoms with Gasteiger partial charge in [0, 0.05) is 12.8 Å². The fourth-order valence-electron chi connectivity index (χ4n) is 0.177. The molecule has 0 radical (unpaired) electrons. The fraction of sp³-hybridized carbons (Fsp3) is 0.800. The van der Waals surface area contributed by atoms with Crippen LogP contribution in [0.5, 0.6) is 0 Å². The van der Waals surface area contributed by atoms with Crippen LogP contribution in [-0.2, 0) is 4.74 Å². The molecule has 1 atom stereocenters. The van der Waals surface area contributed by atoms with E-state index in [9.17, 15) is 0 Å². The number of ether oxygens (including phenoxy) is 1. The molecule has 0 rings (SSSR count). The molecule has 0 fully saturated rings. The Kier molecular flexibility index (Phi) is 2.60. The van der Waals surface area contributed by atoms with Crippen molar-refractivity contribution in [1.29, 1.82) is 5.41 Å². The van der Waals surface area contributed by atoms with Crippen molar-refractivity contribution in [2.45, 2.75) is 20.0 Å². The van der Waals surface area contributed by atoms with E-state index in [2.05, 4.69) is 0 Å². The molecule has 2 nitrogen and oxygen atoms in total. The van der Waals surface area contributed by atoms with Crippen molar-refractivity contribution in [2.24, 2.45) is 0 Å². The predicted octanol–water partition coefficient (Wildman–Crippen LogP) is 1.06. The molecule has 0 aromatic heterocycles. The number of hydrogen-bond acceptors (Lipinski definition) is 2. The van der Waals surface area contributed by atoms with E-state index in [0.717, 1.165) is 0 Å². The van der Waals surface area contributed by atoms with Gasteiger partial charge in [-0.15, -0.1) is 0 Å². The molecule has 0 unspecified atom stereocenters. The van der Waals surface area contributed by atoms with Crippen LogP contribution in [0, 0.1) is 5.41 Å². The van der Waals surface area contributed by atoms with E-state index in [-0.39, 0.29) is 6.10 Å². The van der Waals surface area contributed by atoms with Crippen LogP contribution in [0.25, 0.3) is 0 Å². The van der Waals surface area contributed by atoms with Crippen molar-refractivity contribution in [3.05, 3.63) is 0 Å². The molecule has 7 heavy (non-hydrogen) atoms. The SMILES string of the molecule is CO[C@H](C)C(C)=N.